The number of nitrogens with zero attached hydrogens (tertiary/aromatic N) is 4. The number of hydrogen-bond acceptors (Lipinski definition) is 7. The van der Waals surface area contributed by atoms with E-state index < -0.39 is 23.0 Å². The number of carbonyl (C=O) groups excluding carboxylic acids is 1. The van der Waals surface area contributed by atoms with Gasteiger partial charge in [0.25, 0.3) is 11.5 Å². The van der Waals surface area contributed by atoms with Crippen molar-refractivity contribution in [3.63, 3.8) is 0 Å². The summed E-state index contributed by atoms with van der Waals surface area (Å²) in [6.07, 6.45) is 1.09. The Morgan fingerprint density at radius 2 is 1.71 bits per heavy atom. The number of aromatic nitrogens is 3. The van der Waals surface area contributed by atoms with Crippen molar-refractivity contribution in [1.82, 2.24) is 20.2 Å². The predicted octanol–water partition coefficient (Wildman–Crippen LogP) is 4.64. The molecule has 1 amide bonds. The van der Waals surface area contributed by atoms with Gasteiger partial charge in [-0.3, -0.25) is 9.59 Å². The number of aryl methyl sites for hydroxylation is 2. The fraction of sp³-hybridized carbons (Fsp3) is 0.300. The second-order valence-electron chi connectivity index (χ2n) is 10.1. The fourth-order valence-electron chi connectivity index (χ4n) is 4.68. The zero-order chi connectivity index (χ0) is 29.3. The predicted molar refractivity (Wildman–Crippen MR) is 150 cm³/mol. The summed E-state index contributed by atoms with van der Waals surface area (Å²) in [5.74, 6) is -2.36. The number of hydrogen-bond donors (Lipinski definition) is 1. The van der Waals surface area contributed by atoms with Gasteiger partial charge >= 0.3 is 0 Å². The normalized spacial score (nSPS) is 14.2. The van der Waals surface area contributed by atoms with Crippen molar-refractivity contribution in [2.75, 3.05) is 13.7 Å². The van der Waals surface area contributed by atoms with Crippen molar-refractivity contribution >= 4 is 22.5 Å². The summed E-state index contributed by atoms with van der Waals surface area (Å²) < 4.78 is 42.0. The fourth-order valence-corrected chi connectivity index (χ4v) is 4.68. The number of nitrogens with one attached hydrogen (secondary N) is 1. The highest BCUT2D eigenvalue weighted by atomic mass is 19.2. The number of amides is 1. The van der Waals surface area contributed by atoms with Gasteiger partial charge in [0.05, 0.1) is 30.5 Å². The van der Waals surface area contributed by atoms with Crippen LogP contribution in [0.2, 0.25) is 0 Å². The molecule has 5 rings (SSSR count). The van der Waals surface area contributed by atoms with Crippen LogP contribution in [-0.2, 0) is 17.8 Å². The number of pyridine rings is 1. The van der Waals surface area contributed by atoms with Crippen LogP contribution in [0, 0.1) is 17.0 Å². The van der Waals surface area contributed by atoms with Gasteiger partial charge in [-0.25, -0.2) is 19.5 Å². The molecule has 0 unspecified atom stereocenters. The minimum atomic E-state index is -1.18. The van der Waals surface area contributed by atoms with Crippen LogP contribution in [0.25, 0.3) is 22.2 Å². The third-order valence-corrected chi connectivity index (χ3v) is 7.11. The summed E-state index contributed by atoms with van der Waals surface area (Å²) in [6, 6.07) is 13.3. The molecule has 0 radical (unpaired) electrons. The van der Waals surface area contributed by atoms with Crippen LogP contribution < -0.4 is 20.5 Å². The van der Waals surface area contributed by atoms with Crippen LogP contribution in [0.5, 0.6) is 11.5 Å². The lowest BCUT2D eigenvalue weighted by Crippen LogP contribution is -2.33. The average molecular weight is 562 g/mol. The molecule has 0 saturated carbocycles. The maximum Gasteiger partial charge on any atom is 0.266 e. The van der Waals surface area contributed by atoms with Gasteiger partial charge in [-0.05, 0) is 56.7 Å². The van der Waals surface area contributed by atoms with E-state index in [4.69, 9.17) is 14.5 Å². The highest BCUT2D eigenvalue weighted by Gasteiger charge is 2.41. The summed E-state index contributed by atoms with van der Waals surface area (Å²) in [6.45, 7) is 5.39. The van der Waals surface area contributed by atoms with Crippen molar-refractivity contribution in [3.8, 4) is 22.8 Å². The molecule has 1 aliphatic heterocycles. The first kappa shape index (κ1) is 27.9. The van der Waals surface area contributed by atoms with Crippen LogP contribution in [0.4, 0.5) is 8.78 Å². The molecule has 0 saturated heterocycles. The van der Waals surface area contributed by atoms with E-state index in [-0.39, 0.29) is 35.7 Å². The molecule has 3 heterocycles. The van der Waals surface area contributed by atoms with E-state index >= 15 is 0 Å². The Kier molecular flexibility index (Phi) is 7.53. The molecule has 41 heavy (non-hydrogen) atoms. The standard InChI is InChI=1S/C30H29F2N5O4/c1-5-17-7-8-19-18(9-13-23(40-4)27(19)33-17)21-11-14-24(38)37(36-21)15-6-16-41-22-12-10-20(25(31)26(22)32)28-30(2,3)29(39)35-34-28/h7-14H,5-6,15-16H2,1-4H3,(H,35,39). The van der Waals surface area contributed by atoms with Gasteiger partial charge in [0.1, 0.15) is 11.3 Å². The number of rotatable bonds is 9. The minimum Gasteiger partial charge on any atom is -0.494 e. The van der Waals surface area contributed by atoms with Gasteiger partial charge in [0, 0.05) is 41.2 Å². The summed E-state index contributed by atoms with van der Waals surface area (Å²) >= 11 is 0. The molecule has 0 fully saturated rings. The molecule has 0 bridgehead atoms. The molecule has 0 atom stereocenters. The van der Waals surface area contributed by atoms with Crippen LogP contribution in [0.15, 0.2) is 58.4 Å². The third-order valence-electron chi connectivity index (χ3n) is 7.11. The maximum absolute atomic E-state index is 14.9. The van der Waals surface area contributed by atoms with E-state index in [0.717, 1.165) is 23.1 Å². The summed E-state index contributed by atoms with van der Waals surface area (Å²) in [7, 11) is 1.59. The van der Waals surface area contributed by atoms with Crippen LogP contribution in [-0.4, -0.2) is 40.1 Å². The van der Waals surface area contributed by atoms with Gasteiger partial charge in [0.15, 0.2) is 11.6 Å². The zero-order valence-corrected chi connectivity index (χ0v) is 23.1. The monoisotopic (exact) mass is 561 g/mol. The van der Waals surface area contributed by atoms with Crippen molar-refractivity contribution < 1.29 is 23.0 Å². The largest absolute Gasteiger partial charge is 0.494 e. The van der Waals surface area contributed by atoms with E-state index in [9.17, 15) is 18.4 Å². The average Bonchev–Trinajstić information content (AvgIpc) is 3.24. The molecule has 1 N–H and O–H groups in total. The lowest BCUT2D eigenvalue weighted by Gasteiger charge is -2.18. The Morgan fingerprint density at radius 3 is 2.41 bits per heavy atom. The number of benzene rings is 2. The summed E-state index contributed by atoms with van der Waals surface area (Å²) in [5.41, 5.74) is 3.92. The number of ether oxygens (including phenoxy) is 2. The molecule has 1 aliphatic rings. The van der Waals surface area contributed by atoms with Crippen molar-refractivity contribution in [2.24, 2.45) is 10.5 Å². The molecule has 212 valence electrons. The molecule has 11 heteroatoms. The molecule has 4 aromatic rings. The van der Waals surface area contributed by atoms with Crippen LogP contribution in [0.1, 0.15) is 38.4 Å². The van der Waals surface area contributed by atoms with Crippen molar-refractivity contribution in [1.29, 1.82) is 0 Å². The molecule has 2 aromatic heterocycles. The van der Waals surface area contributed by atoms with Crippen LogP contribution in [0.3, 0.4) is 0 Å². The highest BCUT2D eigenvalue weighted by molar-refractivity contribution is 6.19. The Balaban J connectivity index is 1.31. The molecule has 2 aromatic carbocycles. The maximum atomic E-state index is 14.9. The molecular formula is C30H29F2N5O4. The quantitative estimate of drug-likeness (QED) is 0.299. The number of hydrazone groups is 1. The number of carbonyl (C=O) groups is 1. The van der Waals surface area contributed by atoms with Gasteiger partial charge in [-0.2, -0.15) is 14.6 Å². The Morgan fingerprint density at radius 1 is 0.951 bits per heavy atom. The third kappa shape index (κ3) is 5.15. The van der Waals surface area contributed by atoms with Gasteiger partial charge in [-0.1, -0.05) is 13.0 Å². The number of fused-ring (bicyclic) bond motifs is 1. The minimum absolute atomic E-state index is 0.00964. The van der Waals surface area contributed by atoms with E-state index in [1.54, 1.807) is 27.0 Å². The SMILES string of the molecule is CCc1ccc2c(-c3ccc(=O)n(CCCOc4ccc(C5=NNC(=O)C5(C)C)c(F)c4F)n3)ccc(OC)c2n1. The zero-order valence-electron chi connectivity index (χ0n) is 23.1. The van der Waals surface area contributed by atoms with E-state index in [0.29, 0.717) is 23.4 Å². The smallest absolute Gasteiger partial charge is 0.266 e. The first-order valence-electron chi connectivity index (χ1n) is 13.2. The van der Waals surface area contributed by atoms with E-state index in [1.165, 1.54) is 22.9 Å². The summed E-state index contributed by atoms with van der Waals surface area (Å²) in [5, 5.41) is 9.26. The topological polar surface area (TPSA) is 108 Å². The first-order chi connectivity index (χ1) is 19.6. The number of halogens is 2. The van der Waals surface area contributed by atoms with Crippen LogP contribution >= 0.6 is 0 Å². The second kappa shape index (κ2) is 11.1. The molecule has 0 spiro atoms. The summed E-state index contributed by atoms with van der Waals surface area (Å²) in [4.78, 5) is 29.2. The van der Waals surface area contributed by atoms with E-state index in [2.05, 4.69) is 15.6 Å². The Hall–Kier alpha value is -4.67. The highest BCUT2D eigenvalue weighted by Crippen LogP contribution is 2.33. The van der Waals surface area contributed by atoms with Gasteiger partial charge < -0.3 is 9.47 Å². The van der Waals surface area contributed by atoms with Gasteiger partial charge in [0.2, 0.25) is 5.82 Å². The van der Waals surface area contributed by atoms with Crippen molar-refractivity contribution in [3.05, 3.63) is 81.8 Å². The number of methoxy groups -OCH3 is 1. The van der Waals surface area contributed by atoms with Crippen molar-refractivity contribution in [2.45, 2.75) is 40.2 Å². The van der Waals surface area contributed by atoms with Gasteiger partial charge in [-0.15, -0.1) is 0 Å². The second-order valence-corrected chi connectivity index (χ2v) is 10.1. The lowest BCUT2D eigenvalue weighted by atomic mass is 9.83. The Labute approximate surface area is 234 Å². The molecular weight excluding hydrogens is 532 g/mol. The molecule has 0 aliphatic carbocycles. The molecule has 9 nitrogen and oxygen atoms in total. The first-order valence-corrected chi connectivity index (χ1v) is 13.2. The van der Waals surface area contributed by atoms with E-state index in [1.807, 2.05) is 31.2 Å². The lowest BCUT2D eigenvalue weighted by molar-refractivity contribution is -0.125. The Bertz CT molecular complexity index is 1750.